The Balaban J connectivity index is 1.66. The van der Waals surface area contributed by atoms with Gasteiger partial charge in [0.15, 0.2) is 0 Å². The van der Waals surface area contributed by atoms with Crippen molar-refractivity contribution < 1.29 is 9.53 Å². The van der Waals surface area contributed by atoms with Crippen LogP contribution < -0.4 is 10.1 Å². The van der Waals surface area contributed by atoms with E-state index in [2.05, 4.69) is 29.6 Å². The van der Waals surface area contributed by atoms with Crippen molar-refractivity contribution in [3.05, 3.63) is 65.7 Å². The van der Waals surface area contributed by atoms with Crippen LogP contribution in [0.3, 0.4) is 0 Å². The summed E-state index contributed by atoms with van der Waals surface area (Å²) in [6.45, 7) is 0.696. The Bertz CT molecular complexity index is 630. The summed E-state index contributed by atoms with van der Waals surface area (Å²) in [5.41, 5.74) is 2.11. The summed E-state index contributed by atoms with van der Waals surface area (Å²) in [5, 5.41) is 3.10. The molecule has 3 rings (SSSR count). The highest BCUT2D eigenvalue weighted by Crippen LogP contribution is 2.43. The van der Waals surface area contributed by atoms with Crippen LogP contribution in [0.25, 0.3) is 0 Å². The molecular weight excluding hydrogens is 274 g/mol. The van der Waals surface area contributed by atoms with Crippen molar-refractivity contribution >= 4 is 5.91 Å². The summed E-state index contributed by atoms with van der Waals surface area (Å²) in [5.74, 6) is 0.737. The van der Waals surface area contributed by atoms with Crippen molar-refractivity contribution in [1.29, 1.82) is 0 Å². The minimum absolute atomic E-state index is 0.0233. The van der Waals surface area contributed by atoms with E-state index in [4.69, 9.17) is 4.74 Å². The van der Waals surface area contributed by atoms with Gasteiger partial charge >= 0.3 is 0 Å². The molecule has 22 heavy (non-hydrogen) atoms. The molecule has 1 aliphatic carbocycles. The zero-order valence-electron chi connectivity index (χ0n) is 12.8. The quantitative estimate of drug-likeness (QED) is 0.916. The highest BCUT2D eigenvalue weighted by atomic mass is 16.5. The second-order valence-electron chi connectivity index (χ2n) is 5.91. The summed E-state index contributed by atoms with van der Waals surface area (Å²) < 4.78 is 5.12. The molecule has 1 saturated carbocycles. The minimum Gasteiger partial charge on any atom is -0.497 e. The molecule has 0 radical (unpaired) electrons. The van der Waals surface area contributed by atoms with Gasteiger partial charge in [0.2, 0.25) is 0 Å². The first-order valence-electron chi connectivity index (χ1n) is 7.71. The molecule has 0 aromatic heterocycles. The smallest absolute Gasteiger partial charge is 0.251 e. The van der Waals surface area contributed by atoms with E-state index in [-0.39, 0.29) is 11.3 Å². The second-order valence-corrected chi connectivity index (χ2v) is 5.91. The van der Waals surface area contributed by atoms with Gasteiger partial charge in [-0.1, -0.05) is 36.8 Å². The zero-order valence-corrected chi connectivity index (χ0v) is 12.8. The third kappa shape index (κ3) is 2.84. The number of hydrogen-bond acceptors (Lipinski definition) is 2. The topological polar surface area (TPSA) is 38.3 Å². The van der Waals surface area contributed by atoms with Gasteiger partial charge in [0.1, 0.15) is 5.75 Å². The molecule has 2 aromatic carbocycles. The first-order valence-corrected chi connectivity index (χ1v) is 7.71. The molecule has 3 nitrogen and oxygen atoms in total. The SMILES string of the molecule is COc1ccc(C(=O)NCC2(c3ccccc3)CCC2)cc1. The second kappa shape index (κ2) is 6.22. The van der Waals surface area contributed by atoms with E-state index in [0.29, 0.717) is 12.1 Å². The molecule has 0 saturated heterocycles. The number of amides is 1. The first-order chi connectivity index (χ1) is 10.7. The van der Waals surface area contributed by atoms with E-state index in [0.717, 1.165) is 18.6 Å². The summed E-state index contributed by atoms with van der Waals surface area (Å²) >= 11 is 0. The summed E-state index contributed by atoms with van der Waals surface area (Å²) in [4.78, 5) is 12.3. The number of carbonyl (C=O) groups is 1. The minimum atomic E-state index is -0.0233. The van der Waals surface area contributed by atoms with Crippen LogP contribution in [0.1, 0.15) is 35.2 Å². The molecule has 0 aliphatic heterocycles. The highest BCUT2D eigenvalue weighted by Gasteiger charge is 2.38. The van der Waals surface area contributed by atoms with E-state index < -0.39 is 0 Å². The van der Waals surface area contributed by atoms with Crippen LogP contribution in [0.2, 0.25) is 0 Å². The predicted molar refractivity (Wildman–Crippen MR) is 87.3 cm³/mol. The van der Waals surface area contributed by atoms with E-state index in [1.165, 1.54) is 12.0 Å². The number of hydrogen-bond donors (Lipinski definition) is 1. The molecule has 0 atom stereocenters. The molecular formula is C19H21NO2. The molecule has 1 N–H and O–H groups in total. The number of nitrogens with one attached hydrogen (secondary N) is 1. The number of rotatable bonds is 5. The Labute approximate surface area is 131 Å². The van der Waals surface area contributed by atoms with Crippen LogP contribution in [-0.2, 0) is 5.41 Å². The maximum absolute atomic E-state index is 12.3. The fourth-order valence-corrected chi connectivity index (χ4v) is 3.06. The van der Waals surface area contributed by atoms with Gasteiger partial charge < -0.3 is 10.1 Å². The van der Waals surface area contributed by atoms with Crippen molar-refractivity contribution in [3.8, 4) is 5.75 Å². The average Bonchev–Trinajstić information content (AvgIpc) is 2.55. The van der Waals surface area contributed by atoms with Gasteiger partial charge in [-0.05, 0) is 42.7 Å². The number of benzene rings is 2. The lowest BCUT2D eigenvalue weighted by molar-refractivity contribution is 0.0928. The lowest BCUT2D eigenvalue weighted by Gasteiger charge is -2.42. The molecule has 0 spiro atoms. The van der Waals surface area contributed by atoms with Crippen LogP contribution in [0.4, 0.5) is 0 Å². The normalized spacial score (nSPS) is 15.7. The Morgan fingerprint density at radius 3 is 2.32 bits per heavy atom. The van der Waals surface area contributed by atoms with Crippen LogP contribution >= 0.6 is 0 Å². The summed E-state index contributed by atoms with van der Waals surface area (Å²) in [6.07, 6.45) is 3.51. The van der Waals surface area contributed by atoms with Gasteiger partial charge in [-0.2, -0.15) is 0 Å². The van der Waals surface area contributed by atoms with Crippen molar-refractivity contribution in [2.24, 2.45) is 0 Å². The van der Waals surface area contributed by atoms with E-state index in [9.17, 15) is 4.79 Å². The first kappa shape index (κ1) is 14.6. The third-order valence-corrected chi connectivity index (χ3v) is 4.64. The number of ether oxygens (including phenoxy) is 1. The van der Waals surface area contributed by atoms with Crippen LogP contribution in [0.5, 0.6) is 5.75 Å². The van der Waals surface area contributed by atoms with Gasteiger partial charge in [-0.25, -0.2) is 0 Å². The Morgan fingerprint density at radius 1 is 1.09 bits per heavy atom. The fraction of sp³-hybridized carbons (Fsp3) is 0.316. The molecule has 1 amide bonds. The van der Waals surface area contributed by atoms with Crippen molar-refractivity contribution in [1.82, 2.24) is 5.32 Å². The highest BCUT2D eigenvalue weighted by molar-refractivity contribution is 5.94. The van der Waals surface area contributed by atoms with E-state index in [1.54, 1.807) is 19.2 Å². The predicted octanol–water partition coefficient (Wildman–Crippen LogP) is 3.55. The Kier molecular flexibility index (Phi) is 4.14. The number of methoxy groups -OCH3 is 1. The van der Waals surface area contributed by atoms with Gasteiger partial charge in [-0.15, -0.1) is 0 Å². The fourth-order valence-electron chi connectivity index (χ4n) is 3.06. The monoisotopic (exact) mass is 295 g/mol. The molecule has 1 fully saturated rings. The molecule has 0 unspecified atom stereocenters. The van der Waals surface area contributed by atoms with E-state index in [1.807, 2.05) is 18.2 Å². The Morgan fingerprint density at radius 2 is 1.77 bits per heavy atom. The Hall–Kier alpha value is -2.29. The molecule has 0 bridgehead atoms. The summed E-state index contributed by atoms with van der Waals surface area (Å²) in [6, 6.07) is 17.7. The molecule has 3 heteroatoms. The van der Waals surface area contributed by atoms with E-state index >= 15 is 0 Å². The lowest BCUT2D eigenvalue weighted by atomic mass is 9.64. The lowest BCUT2D eigenvalue weighted by Crippen LogP contribution is -2.45. The zero-order chi connectivity index (χ0) is 15.4. The summed E-state index contributed by atoms with van der Waals surface area (Å²) in [7, 11) is 1.62. The largest absolute Gasteiger partial charge is 0.497 e. The third-order valence-electron chi connectivity index (χ3n) is 4.64. The average molecular weight is 295 g/mol. The van der Waals surface area contributed by atoms with Crippen molar-refractivity contribution in [2.75, 3.05) is 13.7 Å². The molecule has 1 aliphatic rings. The van der Waals surface area contributed by atoms with Crippen LogP contribution in [0, 0.1) is 0 Å². The van der Waals surface area contributed by atoms with Crippen LogP contribution in [-0.4, -0.2) is 19.6 Å². The van der Waals surface area contributed by atoms with Crippen molar-refractivity contribution in [2.45, 2.75) is 24.7 Å². The number of carbonyl (C=O) groups excluding carboxylic acids is 1. The van der Waals surface area contributed by atoms with Crippen molar-refractivity contribution in [3.63, 3.8) is 0 Å². The standard InChI is InChI=1S/C19H21NO2/c1-22-17-10-8-15(9-11-17)18(21)20-14-19(12-5-13-19)16-6-3-2-4-7-16/h2-4,6-11H,5,12-14H2,1H3,(H,20,21). The van der Waals surface area contributed by atoms with Gasteiger partial charge in [-0.3, -0.25) is 4.79 Å². The maximum Gasteiger partial charge on any atom is 0.251 e. The van der Waals surface area contributed by atoms with Crippen LogP contribution in [0.15, 0.2) is 54.6 Å². The van der Waals surface area contributed by atoms with Gasteiger partial charge in [0.25, 0.3) is 5.91 Å². The molecule has 2 aromatic rings. The maximum atomic E-state index is 12.3. The molecule has 0 heterocycles. The molecule has 114 valence electrons. The van der Waals surface area contributed by atoms with Gasteiger partial charge in [0.05, 0.1) is 7.11 Å². The van der Waals surface area contributed by atoms with Gasteiger partial charge in [0, 0.05) is 17.5 Å².